The number of ether oxygens (including phenoxy) is 1. The molecule has 1 fully saturated rings. The molecule has 1 atom stereocenters. The third-order valence-electron chi connectivity index (χ3n) is 2.65. The maximum atomic E-state index is 11.5. The number of hydrogen-bond acceptors (Lipinski definition) is 5. The number of carbonyl (C=O) groups is 2. The minimum Gasteiger partial charge on any atom is -0.444 e. The van der Waals surface area contributed by atoms with Crippen molar-refractivity contribution in [3.8, 4) is 0 Å². The fraction of sp³-hybridized carbons (Fsp3) is 0.833. The van der Waals surface area contributed by atoms with Crippen molar-refractivity contribution in [2.45, 2.75) is 38.8 Å². The van der Waals surface area contributed by atoms with Crippen LogP contribution in [-0.2, 0) is 14.6 Å². The van der Waals surface area contributed by atoms with E-state index in [-0.39, 0.29) is 30.6 Å². The number of hydrogen-bond donors (Lipinski definition) is 3. The molecule has 1 unspecified atom stereocenters. The molecule has 9 heteroatoms. The average molecular weight is 321 g/mol. The molecule has 1 rings (SSSR count). The number of rotatable bonds is 4. The Morgan fingerprint density at radius 3 is 2.33 bits per heavy atom. The predicted molar refractivity (Wildman–Crippen MR) is 77.8 cm³/mol. The summed E-state index contributed by atoms with van der Waals surface area (Å²) in [7, 11) is -3.01. The second-order valence-electron chi connectivity index (χ2n) is 5.93. The Balaban J connectivity index is 2.13. The van der Waals surface area contributed by atoms with E-state index in [9.17, 15) is 18.0 Å². The molecule has 0 aromatic rings. The molecule has 21 heavy (non-hydrogen) atoms. The smallest absolute Gasteiger partial charge is 0.407 e. The molecular weight excluding hydrogens is 298 g/mol. The lowest BCUT2D eigenvalue weighted by Gasteiger charge is -2.19. The summed E-state index contributed by atoms with van der Waals surface area (Å²) in [4.78, 5) is 22.8. The predicted octanol–water partition coefficient (Wildman–Crippen LogP) is -0.00260. The summed E-state index contributed by atoms with van der Waals surface area (Å²) >= 11 is 0. The Labute approximate surface area is 124 Å². The Morgan fingerprint density at radius 2 is 1.81 bits per heavy atom. The highest BCUT2D eigenvalue weighted by atomic mass is 32.2. The molecule has 0 aromatic carbocycles. The molecule has 1 aliphatic rings. The van der Waals surface area contributed by atoms with Crippen LogP contribution in [0, 0.1) is 0 Å². The third-order valence-corrected chi connectivity index (χ3v) is 4.41. The van der Waals surface area contributed by atoms with Gasteiger partial charge in [-0.1, -0.05) is 0 Å². The van der Waals surface area contributed by atoms with Gasteiger partial charge in [-0.25, -0.2) is 18.0 Å². The SMILES string of the molecule is CC(C)(C)OC(=O)NCCNC(=O)NC1CCS(=O)(=O)C1. The van der Waals surface area contributed by atoms with Gasteiger partial charge in [-0.3, -0.25) is 0 Å². The second kappa shape index (κ2) is 6.97. The standard InChI is InChI=1S/C12H23N3O5S/c1-12(2,3)20-11(17)14-6-5-13-10(16)15-9-4-7-21(18,19)8-9/h9H,4-8H2,1-3H3,(H,14,17)(H2,13,15,16). The summed E-state index contributed by atoms with van der Waals surface area (Å²) in [6.07, 6.45) is -0.113. The minimum atomic E-state index is -3.01. The summed E-state index contributed by atoms with van der Waals surface area (Å²) in [6.45, 7) is 5.73. The Hall–Kier alpha value is -1.51. The molecule has 0 aromatic heterocycles. The van der Waals surface area contributed by atoms with Crippen molar-refractivity contribution in [3.05, 3.63) is 0 Å². The van der Waals surface area contributed by atoms with E-state index in [0.717, 1.165) is 0 Å². The lowest BCUT2D eigenvalue weighted by atomic mass is 10.2. The van der Waals surface area contributed by atoms with E-state index in [0.29, 0.717) is 6.42 Å². The Bertz CT molecular complexity index is 484. The van der Waals surface area contributed by atoms with E-state index >= 15 is 0 Å². The first-order valence-corrected chi connectivity index (χ1v) is 8.61. The largest absolute Gasteiger partial charge is 0.444 e. The van der Waals surface area contributed by atoms with E-state index < -0.39 is 27.6 Å². The van der Waals surface area contributed by atoms with Crippen LogP contribution in [0.25, 0.3) is 0 Å². The van der Waals surface area contributed by atoms with E-state index in [4.69, 9.17) is 4.74 Å². The number of carbonyl (C=O) groups excluding carboxylic acids is 2. The van der Waals surface area contributed by atoms with Crippen molar-refractivity contribution in [1.82, 2.24) is 16.0 Å². The summed E-state index contributed by atoms with van der Waals surface area (Å²) in [6, 6.07) is -0.781. The van der Waals surface area contributed by atoms with Crippen molar-refractivity contribution in [2.75, 3.05) is 24.6 Å². The van der Waals surface area contributed by atoms with Gasteiger partial charge in [0.15, 0.2) is 9.84 Å². The zero-order valence-corrected chi connectivity index (χ0v) is 13.4. The van der Waals surface area contributed by atoms with Crippen LogP contribution < -0.4 is 16.0 Å². The zero-order valence-electron chi connectivity index (χ0n) is 12.6. The van der Waals surface area contributed by atoms with E-state index in [1.54, 1.807) is 20.8 Å². The quantitative estimate of drug-likeness (QED) is 0.631. The van der Waals surface area contributed by atoms with Crippen LogP contribution in [0.4, 0.5) is 9.59 Å². The lowest BCUT2D eigenvalue weighted by Crippen LogP contribution is -2.45. The van der Waals surface area contributed by atoms with Crippen LogP contribution in [0.5, 0.6) is 0 Å². The molecule has 0 spiro atoms. The summed E-state index contributed by atoms with van der Waals surface area (Å²) in [5.74, 6) is 0.0920. The van der Waals surface area contributed by atoms with Crippen LogP contribution in [0.3, 0.4) is 0 Å². The van der Waals surface area contributed by atoms with Gasteiger partial charge in [-0.2, -0.15) is 0 Å². The van der Waals surface area contributed by atoms with Gasteiger partial charge < -0.3 is 20.7 Å². The van der Waals surface area contributed by atoms with Gasteiger partial charge >= 0.3 is 12.1 Å². The fourth-order valence-corrected chi connectivity index (χ4v) is 3.47. The maximum Gasteiger partial charge on any atom is 0.407 e. The molecule has 0 radical (unpaired) electrons. The highest BCUT2D eigenvalue weighted by molar-refractivity contribution is 7.91. The van der Waals surface area contributed by atoms with Crippen LogP contribution in [0.15, 0.2) is 0 Å². The molecule has 8 nitrogen and oxygen atoms in total. The molecule has 0 aliphatic carbocycles. The van der Waals surface area contributed by atoms with E-state index in [2.05, 4.69) is 16.0 Å². The molecule has 1 heterocycles. The topological polar surface area (TPSA) is 114 Å². The summed E-state index contributed by atoms with van der Waals surface area (Å²) < 4.78 is 27.5. The van der Waals surface area contributed by atoms with Gasteiger partial charge in [0.25, 0.3) is 0 Å². The van der Waals surface area contributed by atoms with Gasteiger partial charge in [-0.15, -0.1) is 0 Å². The van der Waals surface area contributed by atoms with Crippen molar-refractivity contribution >= 4 is 22.0 Å². The van der Waals surface area contributed by atoms with Crippen LogP contribution in [0.1, 0.15) is 27.2 Å². The average Bonchev–Trinajstić information content (AvgIpc) is 2.62. The number of alkyl carbamates (subject to hydrolysis) is 1. The highest BCUT2D eigenvalue weighted by Gasteiger charge is 2.28. The molecule has 3 N–H and O–H groups in total. The molecule has 122 valence electrons. The van der Waals surface area contributed by atoms with Gasteiger partial charge in [0, 0.05) is 19.1 Å². The maximum absolute atomic E-state index is 11.5. The molecule has 0 saturated carbocycles. The fourth-order valence-electron chi connectivity index (χ4n) is 1.80. The molecule has 0 bridgehead atoms. The van der Waals surface area contributed by atoms with Gasteiger partial charge in [0.2, 0.25) is 0 Å². The van der Waals surface area contributed by atoms with Crippen molar-refractivity contribution in [1.29, 1.82) is 0 Å². The van der Waals surface area contributed by atoms with Crippen molar-refractivity contribution < 1.29 is 22.7 Å². The van der Waals surface area contributed by atoms with E-state index in [1.165, 1.54) is 0 Å². The first-order chi connectivity index (χ1) is 9.57. The third kappa shape index (κ3) is 7.74. The monoisotopic (exact) mass is 321 g/mol. The Morgan fingerprint density at radius 1 is 1.19 bits per heavy atom. The second-order valence-corrected chi connectivity index (χ2v) is 8.16. The van der Waals surface area contributed by atoms with Crippen molar-refractivity contribution in [2.24, 2.45) is 0 Å². The number of sulfone groups is 1. The van der Waals surface area contributed by atoms with Crippen LogP contribution in [0.2, 0.25) is 0 Å². The summed E-state index contributed by atoms with van der Waals surface area (Å²) in [5, 5.41) is 7.63. The van der Waals surface area contributed by atoms with Crippen LogP contribution in [-0.4, -0.2) is 56.8 Å². The van der Waals surface area contributed by atoms with Crippen LogP contribution >= 0.6 is 0 Å². The number of amides is 3. The minimum absolute atomic E-state index is 0.0173. The van der Waals surface area contributed by atoms with E-state index in [1.807, 2.05) is 0 Å². The molecule has 1 aliphatic heterocycles. The first-order valence-electron chi connectivity index (χ1n) is 6.79. The van der Waals surface area contributed by atoms with Crippen molar-refractivity contribution in [3.63, 3.8) is 0 Å². The number of urea groups is 1. The lowest BCUT2D eigenvalue weighted by molar-refractivity contribution is 0.0528. The Kier molecular flexibility index (Phi) is 5.82. The molecule has 1 saturated heterocycles. The summed E-state index contributed by atoms with van der Waals surface area (Å²) in [5.41, 5.74) is -0.567. The van der Waals surface area contributed by atoms with Gasteiger partial charge in [0.05, 0.1) is 11.5 Å². The zero-order chi connectivity index (χ0) is 16.1. The molecule has 3 amide bonds. The highest BCUT2D eigenvalue weighted by Crippen LogP contribution is 2.10. The first kappa shape index (κ1) is 17.5. The van der Waals surface area contributed by atoms with Gasteiger partial charge in [0.1, 0.15) is 5.60 Å². The number of nitrogens with one attached hydrogen (secondary N) is 3. The normalized spacial score (nSPS) is 20.6. The molecular formula is C12H23N3O5S. The van der Waals surface area contributed by atoms with Gasteiger partial charge in [-0.05, 0) is 27.2 Å².